The van der Waals surface area contributed by atoms with Crippen LogP contribution in [0.4, 0.5) is 11.4 Å². The molecule has 0 aliphatic heterocycles. The topological polar surface area (TPSA) is 98.5 Å². The van der Waals surface area contributed by atoms with Crippen molar-refractivity contribution in [3.05, 3.63) is 57.6 Å². The molecule has 23 heavy (non-hydrogen) atoms. The third-order valence-corrected chi connectivity index (χ3v) is 2.93. The third-order valence-electron chi connectivity index (χ3n) is 2.62. The number of halogens is 1. The summed E-state index contributed by atoms with van der Waals surface area (Å²) in [6.45, 7) is 3.19. The van der Waals surface area contributed by atoms with Gasteiger partial charge in [0.05, 0.1) is 15.6 Å². The molecule has 0 heterocycles. The lowest BCUT2D eigenvalue weighted by Crippen LogP contribution is -2.29. The van der Waals surface area contributed by atoms with Crippen molar-refractivity contribution >= 4 is 34.9 Å². The van der Waals surface area contributed by atoms with E-state index >= 15 is 0 Å². The minimum Gasteiger partial charge on any atom is -0.449 e. The summed E-state index contributed by atoms with van der Waals surface area (Å²) in [6, 6.07) is 3.63. The van der Waals surface area contributed by atoms with Gasteiger partial charge in [0.1, 0.15) is 0 Å². The third kappa shape index (κ3) is 5.91. The van der Waals surface area contributed by atoms with E-state index < -0.39 is 22.9 Å². The number of allylic oxidation sites excluding steroid dienone is 3. The molecule has 1 aromatic rings. The maximum absolute atomic E-state index is 11.9. The Morgan fingerprint density at radius 3 is 2.65 bits per heavy atom. The van der Waals surface area contributed by atoms with E-state index in [0.717, 1.165) is 6.07 Å². The van der Waals surface area contributed by atoms with Crippen molar-refractivity contribution in [1.29, 1.82) is 0 Å². The summed E-state index contributed by atoms with van der Waals surface area (Å²) in [4.78, 5) is 33.4. The number of hydrogen-bond acceptors (Lipinski definition) is 5. The van der Waals surface area contributed by atoms with E-state index in [1.165, 1.54) is 31.2 Å². The predicted molar refractivity (Wildman–Crippen MR) is 86.2 cm³/mol. The zero-order valence-electron chi connectivity index (χ0n) is 12.5. The van der Waals surface area contributed by atoms with E-state index in [-0.39, 0.29) is 16.4 Å². The van der Waals surface area contributed by atoms with Gasteiger partial charge in [-0.1, -0.05) is 29.8 Å². The van der Waals surface area contributed by atoms with Gasteiger partial charge in [-0.3, -0.25) is 14.9 Å². The van der Waals surface area contributed by atoms with Gasteiger partial charge in [-0.15, -0.1) is 0 Å². The van der Waals surface area contributed by atoms with E-state index in [2.05, 4.69) is 5.32 Å². The summed E-state index contributed by atoms with van der Waals surface area (Å²) >= 11 is 5.87. The van der Waals surface area contributed by atoms with Crippen LogP contribution in [0.1, 0.15) is 13.8 Å². The molecule has 0 saturated carbocycles. The lowest BCUT2D eigenvalue weighted by atomic mass is 10.2. The second kappa shape index (κ2) is 8.70. The number of rotatable bonds is 6. The first-order valence-corrected chi connectivity index (χ1v) is 6.97. The Bertz CT molecular complexity index is 670. The summed E-state index contributed by atoms with van der Waals surface area (Å²) in [6.07, 6.45) is 4.99. The SMILES string of the molecule is CC=CC=CC(=O)OC(C)C(=O)Nc1ccc([N+](=O)[O-])cc1Cl. The standard InChI is InChI=1S/C15H15ClN2O5/c1-3-4-5-6-14(19)23-10(2)15(20)17-13-8-7-11(18(21)22)9-12(13)16/h3-10H,1-2H3,(H,17,20). The number of non-ortho nitro benzene ring substituents is 1. The Labute approximate surface area is 137 Å². The molecule has 0 radical (unpaired) electrons. The fraction of sp³-hybridized carbons (Fsp3) is 0.200. The number of nitrogens with zero attached hydrogens (tertiary/aromatic N) is 1. The number of esters is 1. The van der Waals surface area contributed by atoms with Crippen molar-refractivity contribution in [1.82, 2.24) is 0 Å². The first-order valence-electron chi connectivity index (χ1n) is 6.60. The number of ether oxygens (including phenoxy) is 1. The Hall–Kier alpha value is -2.67. The number of carbonyl (C=O) groups excluding carboxylic acids is 2. The molecule has 0 fully saturated rings. The van der Waals surface area contributed by atoms with Gasteiger partial charge in [-0.2, -0.15) is 0 Å². The van der Waals surface area contributed by atoms with Gasteiger partial charge in [0.25, 0.3) is 11.6 Å². The average Bonchev–Trinajstić information content (AvgIpc) is 2.49. The van der Waals surface area contributed by atoms with Crippen LogP contribution in [0.25, 0.3) is 0 Å². The molecule has 0 aromatic heterocycles. The molecule has 0 spiro atoms. The Morgan fingerprint density at radius 2 is 2.09 bits per heavy atom. The van der Waals surface area contributed by atoms with Crippen LogP contribution < -0.4 is 5.32 Å². The molecule has 1 atom stereocenters. The molecule has 8 heteroatoms. The molecule has 7 nitrogen and oxygen atoms in total. The maximum atomic E-state index is 11.9. The summed E-state index contributed by atoms with van der Waals surface area (Å²) in [7, 11) is 0. The highest BCUT2D eigenvalue weighted by molar-refractivity contribution is 6.34. The monoisotopic (exact) mass is 338 g/mol. The number of hydrogen-bond donors (Lipinski definition) is 1. The molecular weight excluding hydrogens is 324 g/mol. The molecule has 1 N–H and O–H groups in total. The quantitative estimate of drug-likeness (QED) is 0.282. The predicted octanol–water partition coefficient (Wildman–Crippen LogP) is 3.25. The van der Waals surface area contributed by atoms with Crippen LogP contribution in [0, 0.1) is 10.1 Å². The molecule has 0 saturated heterocycles. The fourth-order valence-electron chi connectivity index (χ4n) is 1.47. The lowest BCUT2D eigenvalue weighted by Gasteiger charge is -2.13. The Balaban J connectivity index is 2.68. The molecular formula is C15H15ClN2O5. The van der Waals surface area contributed by atoms with Crippen molar-refractivity contribution < 1.29 is 19.2 Å². The molecule has 1 amide bonds. The normalized spacial score (nSPS) is 12.3. The second-order valence-electron chi connectivity index (χ2n) is 4.37. The number of nitro benzene ring substituents is 1. The van der Waals surface area contributed by atoms with E-state index in [4.69, 9.17) is 16.3 Å². The minimum absolute atomic E-state index is 0.0130. The molecule has 122 valence electrons. The number of nitro groups is 1. The highest BCUT2D eigenvalue weighted by Crippen LogP contribution is 2.26. The van der Waals surface area contributed by atoms with Gasteiger partial charge in [0.2, 0.25) is 0 Å². The smallest absolute Gasteiger partial charge is 0.331 e. The first-order chi connectivity index (χ1) is 10.8. The van der Waals surface area contributed by atoms with Gasteiger partial charge in [0, 0.05) is 18.2 Å². The molecule has 1 unspecified atom stereocenters. The summed E-state index contributed by atoms with van der Waals surface area (Å²) in [5, 5.41) is 13.1. The maximum Gasteiger partial charge on any atom is 0.331 e. The average molecular weight is 339 g/mol. The van der Waals surface area contributed by atoms with Crippen LogP contribution >= 0.6 is 11.6 Å². The Kier molecular flexibility index (Phi) is 6.95. The summed E-state index contributed by atoms with van der Waals surface area (Å²) in [5.74, 6) is -1.27. The van der Waals surface area contributed by atoms with E-state index in [1.54, 1.807) is 19.1 Å². The van der Waals surface area contributed by atoms with Crippen molar-refractivity contribution in [3.8, 4) is 0 Å². The van der Waals surface area contributed by atoms with Crippen molar-refractivity contribution in [2.75, 3.05) is 5.32 Å². The minimum atomic E-state index is -1.05. The van der Waals surface area contributed by atoms with Crippen molar-refractivity contribution in [3.63, 3.8) is 0 Å². The van der Waals surface area contributed by atoms with Gasteiger partial charge < -0.3 is 10.1 Å². The van der Waals surface area contributed by atoms with Crippen LogP contribution in [0.2, 0.25) is 5.02 Å². The highest BCUT2D eigenvalue weighted by atomic mass is 35.5. The molecule has 0 bridgehead atoms. The van der Waals surface area contributed by atoms with E-state index in [0.29, 0.717) is 0 Å². The molecule has 1 rings (SSSR count). The Morgan fingerprint density at radius 1 is 1.39 bits per heavy atom. The molecule has 0 aliphatic rings. The van der Waals surface area contributed by atoms with Gasteiger partial charge in [-0.25, -0.2) is 4.79 Å². The number of carbonyl (C=O) groups is 2. The van der Waals surface area contributed by atoms with Crippen LogP contribution in [0.5, 0.6) is 0 Å². The zero-order valence-corrected chi connectivity index (χ0v) is 13.2. The van der Waals surface area contributed by atoms with Gasteiger partial charge in [-0.05, 0) is 19.9 Å². The highest BCUT2D eigenvalue weighted by Gasteiger charge is 2.18. The lowest BCUT2D eigenvalue weighted by molar-refractivity contribution is -0.384. The fourth-order valence-corrected chi connectivity index (χ4v) is 1.69. The zero-order chi connectivity index (χ0) is 17.4. The van der Waals surface area contributed by atoms with Gasteiger partial charge in [0.15, 0.2) is 6.10 Å². The van der Waals surface area contributed by atoms with Crippen LogP contribution in [0.3, 0.4) is 0 Å². The van der Waals surface area contributed by atoms with Crippen molar-refractivity contribution in [2.45, 2.75) is 20.0 Å². The largest absolute Gasteiger partial charge is 0.449 e. The molecule has 1 aromatic carbocycles. The van der Waals surface area contributed by atoms with Crippen LogP contribution in [-0.4, -0.2) is 22.9 Å². The number of anilines is 1. The first kappa shape index (κ1) is 18.4. The summed E-state index contributed by atoms with van der Waals surface area (Å²) in [5.41, 5.74) is -0.00350. The van der Waals surface area contributed by atoms with Crippen LogP contribution in [0.15, 0.2) is 42.5 Å². The van der Waals surface area contributed by atoms with Crippen LogP contribution in [-0.2, 0) is 14.3 Å². The molecule has 0 aliphatic carbocycles. The summed E-state index contributed by atoms with van der Waals surface area (Å²) < 4.78 is 4.91. The number of nitrogens with one attached hydrogen (secondary N) is 1. The number of benzene rings is 1. The number of amides is 1. The van der Waals surface area contributed by atoms with E-state index in [1.807, 2.05) is 0 Å². The second-order valence-corrected chi connectivity index (χ2v) is 4.78. The van der Waals surface area contributed by atoms with E-state index in [9.17, 15) is 19.7 Å². The van der Waals surface area contributed by atoms with Gasteiger partial charge >= 0.3 is 5.97 Å². The van der Waals surface area contributed by atoms with Crippen molar-refractivity contribution in [2.24, 2.45) is 0 Å².